The Hall–Kier alpha value is -1.12. The molecule has 0 aromatic carbocycles. The normalized spacial score (nSPS) is 20.4. The van der Waals surface area contributed by atoms with Crippen LogP contribution in [0.2, 0.25) is 0 Å². The molecule has 3 heterocycles. The van der Waals surface area contributed by atoms with Crippen molar-refractivity contribution in [2.45, 2.75) is 32.7 Å². The van der Waals surface area contributed by atoms with Gasteiger partial charge in [0.05, 0.1) is 5.75 Å². The van der Waals surface area contributed by atoms with Gasteiger partial charge in [0.25, 0.3) is 0 Å². The maximum absolute atomic E-state index is 11.3. The van der Waals surface area contributed by atoms with E-state index in [2.05, 4.69) is 41.8 Å². The quantitative estimate of drug-likeness (QED) is 0.875. The number of sulfone groups is 1. The Morgan fingerprint density at radius 2 is 2.17 bits per heavy atom. The lowest BCUT2D eigenvalue weighted by atomic mass is 10.1. The number of aromatic amines is 1. The highest BCUT2D eigenvalue weighted by Crippen LogP contribution is 2.34. The van der Waals surface area contributed by atoms with Crippen LogP contribution in [0.1, 0.15) is 32.3 Å². The van der Waals surface area contributed by atoms with Crippen LogP contribution in [0.15, 0.2) is 6.20 Å². The number of anilines is 1. The SMILES string of the molecule is CC(C)c1c[nH]c2sc(N3CCN(CCS(C)(=O)=O)CC3C)nc12. The number of nitrogens with one attached hydrogen (secondary N) is 1. The fourth-order valence-electron chi connectivity index (χ4n) is 3.19. The summed E-state index contributed by atoms with van der Waals surface area (Å²) in [5, 5.41) is 1.06. The number of rotatable bonds is 5. The molecule has 2 aromatic rings. The first-order valence-corrected chi connectivity index (χ1v) is 11.3. The molecule has 3 rings (SSSR count). The standard InChI is InChI=1S/C16H26N4O2S2/c1-11(2)13-9-17-15-14(13)18-16(23-15)20-6-5-19(10-12(20)3)7-8-24(4,21)22/h9,11-12,17H,5-8,10H2,1-4H3. The summed E-state index contributed by atoms with van der Waals surface area (Å²) < 4.78 is 22.7. The molecular weight excluding hydrogens is 344 g/mol. The average molecular weight is 371 g/mol. The van der Waals surface area contributed by atoms with Crippen molar-refractivity contribution in [3.05, 3.63) is 11.8 Å². The summed E-state index contributed by atoms with van der Waals surface area (Å²) in [6.07, 6.45) is 3.37. The first kappa shape index (κ1) is 17.7. The second kappa shape index (κ2) is 6.65. The number of piperazine rings is 1. The largest absolute Gasteiger partial charge is 0.351 e. The van der Waals surface area contributed by atoms with Gasteiger partial charge < -0.3 is 9.88 Å². The number of hydrogen-bond donors (Lipinski definition) is 1. The minimum atomic E-state index is -2.90. The molecule has 0 radical (unpaired) electrons. The van der Waals surface area contributed by atoms with E-state index in [1.165, 1.54) is 11.8 Å². The topological polar surface area (TPSA) is 69.3 Å². The number of H-pyrrole nitrogens is 1. The first-order chi connectivity index (χ1) is 11.2. The maximum Gasteiger partial charge on any atom is 0.188 e. The van der Waals surface area contributed by atoms with Crippen LogP contribution in [0.4, 0.5) is 5.13 Å². The fraction of sp³-hybridized carbons (Fsp3) is 0.688. The van der Waals surface area contributed by atoms with Crippen molar-refractivity contribution in [2.75, 3.05) is 43.1 Å². The van der Waals surface area contributed by atoms with E-state index in [4.69, 9.17) is 4.98 Å². The lowest BCUT2D eigenvalue weighted by Crippen LogP contribution is -2.52. The second-order valence-electron chi connectivity index (χ2n) is 7.05. The number of thiazole rings is 1. The predicted molar refractivity (Wildman–Crippen MR) is 101 cm³/mol. The third-order valence-corrected chi connectivity index (χ3v) is 6.55. The van der Waals surface area contributed by atoms with Crippen LogP contribution in [0, 0.1) is 0 Å². The molecule has 1 aliphatic rings. The van der Waals surface area contributed by atoms with Crippen LogP contribution in [-0.4, -0.2) is 67.5 Å². The molecule has 1 aliphatic heterocycles. The van der Waals surface area contributed by atoms with Crippen LogP contribution in [0.5, 0.6) is 0 Å². The summed E-state index contributed by atoms with van der Waals surface area (Å²) in [6.45, 7) is 9.82. The molecule has 8 heteroatoms. The van der Waals surface area contributed by atoms with Gasteiger partial charge in [-0.15, -0.1) is 0 Å². The van der Waals surface area contributed by atoms with Crippen LogP contribution in [0.25, 0.3) is 10.3 Å². The van der Waals surface area contributed by atoms with E-state index in [0.717, 1.165) is 35.1 Å². The summed E-state index contributed by atoms with van der Waals surface area (Å²) in [4.78, 5) is 13.9. The molecule has 0 aliphatic carbocycles. The van der Waals surface area contributed by atoms with E-state index in [-0.39, 0.29) is 5.75 Å². The Bertz CT molecular complexity index is 809. The summed E-state index contributed by atoms with van der Waals surface area (Å²) >= 11 is 1.71. The van der Waals surface area contributed by atoms with E-state index in [9.17, 15) is 8.42 Å². The van der Waals surface area contributed by atoms with Crippen LogP contribution in [-0.2, 0) is 9.84 Å². The van der Waals surface area contributed by atoms with Crippen LogP contribution < -0.4 is 4.90 Å². The van der Waals surface area contributed by atoms with Crippen molar-refractivity contribution in [2.24, 2.45) is 0 Å². The molecule has 1 unspecified atom stereocenters. The van der Waals surface area contributed by atoms with Gasteiger partial charge in [0.1, 0.15) is 20.2 Å². The summed E-state index contributed by atoms with van der Waals surface area (Å²) in [7, 11) is -2.90. The zero-order valence-electron chi connectivity index (χ0n) is 14.7. The van der Waals surface area contributed by atoms with Gasteiger partial charge in [0.2, 0.25) is 0 Å². The predicted octanol–water partition coefficient (Wildman–Crippen LogP) is 2.30. The lowest BCUT2D eigenvalue weighted by Gasteiger charge is -2.39. The monoisotopic (exact) mass is 370 g/mol. The molecule has 0 bridgehead atoms. The zero-order chi connectivity index (χ0) is 17.5. The van der Waals surface area contributed by atoms with Crippen molar-refractivity contribution in [3.63, 3.8) is 0 Å². The molecular formula is C16H26N4O2S2. The molecule has 1 N–H and O–H groups in total. The molecule has 134 valence electrons. The molecule has 24 heavy (non-hydrogen) atoms. The number of fused-ring (bicyclic) bond motifs is 1. The molecule has 0 spiro atoms. The van der Waals surface area contributed by atoms with Gasteiger partial charge in [-0.1, -0.05) is 25.2 Å². The minimum absolute atomic E-state index is 0.234. The Labute approximate surface area is 147 Å². The van der Waals surface area contributed by atoms with E-state index < -0.39 is 9.84 Å². The highest BCUT2D eigenvalue weighted by Gasteiger charge is 2.27. The molecule has 1 fully saturated rings. The van der Waals surface area contributed by atoms with Crippen LogP contribution in [0.3, 0.4) is 0 Å². The Morgan fingerprint density at radius 1 is 1.42 bits per heavy atom. The second-order valence-corrected chi connectivity index (χ2v) is 10.3. The first-order valence-electron chi connectivity index (χ1n) is 8.39. The maximum atomic E-state index is 11.3. The summed E-state index contributed by atoms with van der Waals surface area (Å²) in [6, 6.07) is 0.330. The van der Waals surface area contributed by atoms with Crippen molar-refractivity contribution in [1.82, 2.24) is 14.9 Å². The van der Waals surface area contributed by atoms with Crippen molar-refractivity contribution in [3.8, 4) is 0 Å². The van der Waals surface area contributed by atoms with Gasteiger partial charge in [-0.25, -0.2) is 13.4 Å². The molecule has 1 saturated heterocycles. The summed E-state index contributed by atoms with van der Waals surface area (Å²) in [5.74, 6) is 0.691. The summed E-state index contributed by atoms with van der Waals surface area (Å²) in [5.41, 5.74) is 2.36. The third kappa shape index (κ3) is 3.75. The smallest absolute Gasteiger partial charge is 0.188 e. The van der Waals surface area contributed by atoms with Gasteiger partial charge in [0.15, 0.2) is 5.13 Å². The van der Waals surface area contributed by atoms with Crippen molar-refractivity contribution in [1.29, 1.82) is 0 Å². The lowest BCUT2D eigenvalue weighted by molar-refractivity contribution is 0.240. The third-order valence-electron chi connectivity index (χ3n) is 4.61. The highest BCUT2D eigenvalue weighted by molar-refractivity contribution is 7.90. The minimum Gasteiger partial charge on any atom is -0.351 e. The van der Waals surface area contributed by atoms with Crippen LogP contribution >= 0.6 is 11.3 Å². The Kier molecular flexibility index (Phi) is 4.90. The van der Waals surface area contributed by atoms with E-state index in [1.807, 2.05) is 0 Å². The Balaban J connectivity index is 1.70. The number of hydrogen-bond acceptors (Lipinski definition) is 6. The number of nitrogens with zero attached hydrogens (tertiary/aromatic N) is 3. The molecule has 0 saturated carbocycles. The number of aromatic nitrogens is 2. The molecule has 1 atom stereocenters. The van der Waals surface area contributed by atoms with E-state index in [1.54, 1.807) is 11.3 Å². The molecule has 6 nitrogen and oxygen atoms in total. The molecule has 2 aromatic heterocycles. The zero-order valence-corrected chi connectivity index (χ0v) is 16.4. The van der Waals surface area contributed by atoms with Gasteiger partial charge in [-0.3, -0.25) is 4.90 Å². The van der Waals surface area contributed by atoms with E-state index >= 15 is 0 Å². The van der Waals surface area contributed by atoms with Crippen molar-refractivity contribution < 1.29 is 8.42 Å². The fourth-order valence-corrected chi connectivity index (χ4v) is 4.87. The van der Waals surface area contributed by atoms with Gasteiger partial charge >= 0.3 is 0 Å². The highest BCUT2D eigenvalue weighted by atomic mass is 32.2. The van der Waals surface area contributed by atoms with Crippen molar-refractivity contribution >= 4 is 36.7 Å². The van der Waals surface area contributed by atoms with E-state index in [0.29, 0.717) is 18.5 Å². The van der Waals surface area contributed by atoms with Gasteiger partial charge in [-0.05, 0) is 18.4 Å². The molecule has 0 amide bonds. The Morgan fingerprint density at radius 3 is 2.79 bits per heavy atom. The van der Waals surface area contributed by atoms with Gasteiger partial charge in [-0.2, -0.15) is 0 Å². The average Bonchev–Trinajstić information content (AvgIpc) is 3.04. The van der Waals surface area contributed by atoms with Gasteiger partial charge in [0, 0.05) is 44.7 Å².